The van der Waals surface area contributed by atoms with Crippen molar-refractivity contribution in [3.8, 4) is 5.75 Å². The van der Waals surface area contributed by atoms with Gasteiger partial charge in [-0.15, -0.1) is 0 Å². The summed E-state index contributed by atoms with van der Waals surface area (Å²) >= 11 is 0. The Kier molecular flexibility index (Phi) is 4.59. The molecule has 20 heavy (non-hydrogen) atoms. The van der Waals surface area contributed by atoms with Crippen molar-refractivity contribution in [1.29, 1.82) is 0 Å². The van der Waals surface area contributed by atoms with E-state index in [1.807, 2.05) is 18.2 Å². The van der Waals surface area contributed by atoms with E-state index in [-0.39, 0.29) is 0 Å². The molecule has 2 N–H and O–H groups in total. The highest BCUT2D eigenvalue weighted by Gasteiger charge is 2.32. The number of methoxy groups -OCH3 is 1. The minimum Gasteiger partial charge on any atom is -0.495 e. The van der Waals surface area contributed by atoms with Gasteiger partial charge in [0.25, 0.3) is 0 Å². The van der Waals surface area contributed by atoms with Crippen molar-refractivity contribution in [2.24, 2.45) is 11.3 Å². The van der Waals surface area contributed by atoms with Gasteiger partial charge in [0.1, 0.15) is 5.75 Å². The minimum atomic E-state index is 0.358. The molecule has 2 rings (SSSR count). The summed E-state index contributed by atoms with van der Waals surface area (Å²) in [6, 6.07) is 5.87. The molecule has 0 bridgehead atoms. The maximum Gasteiger partial charge on any atom is 0.141 e. The van der Waals surface area contributed by atoms with Gasteiger partial charge in [-0.1, -0.05) is 26.8 Å². The highest BCUT2D eigenvalue weighted by molar-refractivity contribution is 5.54. The molecule has 1 aliphatic carbocycles. The van der Waals surface area contributed by atoms with E-state index in [0.717, 1.165) is 30.1 Å². The number of rotatable bonds is 4. The first-order valence-electron chi connectivity index (χ1n) is 7.43. The van der Waals surface area contributed by atoms with Crippen molar-refractivity contribution in [2.45, 2.75) is 52.7 Å². The molecule has 2 atom stereocenters. The topological polar surface area (TPSA) is 44.5 Å². The average molecular weight is 277 g/mol. The second kappa shape index (κ2) is 6.04. The molecular weight excluding hydrogens is 250 g/mol. The molecule has 2 unspecified atom stereocenters. The first kappa shape index (κ1) is 15.2. The summed E-state index contributed by atoms with van der Waals surface area (Å²) in [5.41, 5.74) is 8.10. The predicted octanol–water partition coefficient (Wildman–Crippen LogP) is 4.01. The summed E-state index contributed by atoms with van der Waals surface area (Å²) in [4.78, 5) is 0. The molecule has 0 spiro atoms. The third-order valence-electron chi connectivity index (χ3n) is 4.13. The fraction of sp³-hybridized carbons (Fsp3) is 0.647. The Morgan fingerprint density at radius 1 is 1.30 bits per heavy atom. The lowest BCUT2D eigenvalue weighted by atomic mass is 9.71. The van der Waals surface area contributed by atoms with Gasteiger partial charge in [-0.05, 0) is 48.3 Å². The van der Waals surface area contributed by atoms with Crippen LogP contribution in [0.1, 0.15) is 45.6 Å². The monoisotopic (exact) mass is 277 g/mol. The quantitative estimate of drug-likeness (QED) is 0.846. The van der Waals surface area contributed by atoms with E-state index in [9.17, 15) is 0 Å². The molecule has 3 nitrogen and oxygen atoms in total. The minimum absolute atomic E-state index is 0.358. The van der Waals surface area contributed by atoms with Crippen LogP contribution in [0.3, 0.4) is 0 Å². The zero-order valence-electron chi connectivity index (χ0n) is 13.1. The number of benzene rings is 1. The maximum atomic E-state index is 6.11. The van der Waals surface area contributed by atoms with Crippen LogP contribution in [0.5, 0.6) is 5.75 Å². The molecule has 0 amide bonds. The Labute approximate surface area is 122 Å². The lowest BCUT2D eigenvalue weighted by molar-refractivity contribution is -0.0316. The van der Waals surface area contributed by atoms with Crippen LogP contribution in [0, 0.1) is 11.3 Å². The smallest absolute Gasteiger partial charge is 0.141 e. The fourth-order valence-electron chi connectivity index (χ4n) is 3.47. The van der Waals surface area contributed by atoms with Crippen LogP contribution < -0.4 is 10.5 Å². The number of hydrogen-bond acceptors (Lipinski definition) is 3. The molecule has 1 saturated carbocycles. The summed E-state index contributed by atoms with van der Waals surface area (Å²) in [5.74, 6) is 1.46. The molecule has 1 aliphatic rings. The third-order valence-corrected chi connectivity index (χ3v) is 4.13. The van der Waals surface area contributed by atoms with Gasteiger partial charge < -0.3 is 15.2 Å². The van der Waals surface area contributed by atoms with E-state index in [2.05, 4.69) is 20.8 Å². The zero-order valence-corrected chi connectivity index (χ0v) is 13.1. The van der Waals surface area contributed by atoms with Crippen LogP contribution in [0.25, 0.3) is 0 Å². The maximum absolute atomic E-state index is 6.11. The van der Waals surface area contributed by atoms with Crippen molar-refractivity contribution < 1.29 is 9.47 Å². The van der Waals surface area contributed by atoms with Gasteiger partial charge in [0.15, 0.2) is 0 Å². The largest absolute Gasteiger partial charge is 0.495 e. The molecule has 1 aromatic carbocycles. The van der Waals surface area contributed by atoms with E-state index < -0.39 is 0 Å². The first-order valence-corrected chi connectivity index (χ1v) is 7.43. The van der Waals surface area contributed by atoms with Gasteiger partial charge in [-0.2, -0.15) is 0 Å². The highest BCUT2D eigenvalue weighted by atomic mass is 16.5. The van der Waals surface area contributed by atoms with Crippen molar-refractivity contribution >= 4 is 5.69 Å². The normalized spacial score (nSPS) is 25.4. The van der Waals surface area contributed by atoms with E-state index in [0.29, 0.717) is 23.8 Å². The molecule has 0 saturated heterocycles. The van der Waals surface area contributed by atoms with Gasteiger partial charge in [-0.25, -0.2) is 0 Å². The van der Waals surface area contributed by atoms with Crippen LogP contribution in [0.2, 0.25) is 0 Å². The molecule has 0 heterocycles. The first-order chi connectivity index (χ1) is 9.39. The number of ether oxygens (including phenoxy) is 2. The third kappa shape index (κ3) is 3.89. The van der Waals surface area contributed by atoms with Crippen molar-refractivity contribution in [3.63, 3.8) is 0 Å². The van der Waals surface area contributed by atoms with E-state index in [1.165, 1.54) is 6.42 Å². The summed E-state index contributed by atoms with van der Waals surface area (Å²) in [6.45, 7) is 7.62. The molecule has 1 fully saturated rings. The van der Waals surface area contributed by atoms with Crippen LogP contribution in [-0.2, 0) is 11.3 Å². The van der Waals surface area contributed by atoms with Crippen molar-refractivity contribution in [3.05, 3.63) is 23.8 Å². The van der Waals surface area contributed by atoms with E-state index >= 15 is 0 Å². The van der Waals surface area contributed by atoms with Gasteiger partial charge in [0, 0.05) is 0 Å². The Morgan fingerprint density at radius 2 is 2.05 bits per heavy atom. The number of hydrogen-bond donors (Lipinski definition) is 1. The van der Waals surface area contributed by atoms with Crippen LogP contribution >= 0.6 is 0 Å². The van der Waals surface area contributed by atoms with Gasteiger partial charge in [-0.3, -0.25) is 0 Å². The Hall–Kier alpha value is -1.22. The molecular formula is C17H27NO2. The lowest BCUT2D eigenvalue weighted by Crippen LogP contribution is -2.32. The van der Waals surface area contributed by atoms with Crippen molar-refractivity contribution in [1.82, 2.24) is 0 Å². The molecule has 112 valence electrons. The van der Waals surface area contributed by atoms with E-state index in [1.54, 1.807) is 7.11 Å². The molecule has 0 aromatic heterocycles. The summed E-state index contributed by atoms with van der Waals surface area (Å²) in [7, 11) is 1.63. The fourth-order valence-corrected chi connectivity index (χ4v) is 3.47. The molecule has 0 radical (unpaired) electrons. The second-order valence-corrected chi connectivity index (χ2v) is 6.92. The van der Waals surface area contributed by atoms with Crippen LogP contribution in [-0.4, -0.2) is 13.2 Å². The molecule has 3 heteroatoms. The predicted molar refractivity (Wildman–Crippen MR) is 82.8 cm³/mol. The molecule has 0 aliphatic heterocycles. The summed E-state index contributed by atoms with van der Waals surface area (Å²) in [5, 5.41) is 0. The number of nitrogens with two attached hydrogens (primary N) is 1. The highest BCUT2D eigenvalue weighted by Crippen LogP contribution is 2.40. The molecule has 1 aromatic rings. The zero-order chi connectivity index (χ0) is 14.8. The summed E-state index contributed by atoms with van der Waals surface area (Å²) < 4.78 is 11.3. The Balaban J connectivity index is 1.93. The van der Waals surface area contributed by atoms with Crippen LogP contribution in [0.15, 0.2) is 18.2 Å². The average Bonchev–Trinajstić information content (AvgIpc) is 2.34. The Bertz CT molecular complexity index is 456. The SMILES string of the molecule is COc1ccc(COC2CC(C)CC(C)(C)C2)cc1N. The lowest BCUT2D eigenvalue weighted by Gasteiger charge is -2.38. The van der Waals surface area contributed by atoms with Crippen molar-refractivity contribution in [2.75, 3.05) is 12.8 Å². The standard InChI is InChI=1S/C17H27NO2/c1-12-7-14(10-17(2,3)9-12)20-11-13-5-6-16(19-4)15(18)8-13/h5-6,8,12,14H,7,9-11,18H2,1-4H3. The summed E-state index contributed by atoms with van der Waals surface area (Å²) in [6.07, 6.45) is 3.96. The van der Waals surface area contributed by atoms with Crippen LogP contribution in [0.4, 0.5) is 5.69 Å². The number of nitrogen functional groups attached to an aromatic ring is 1. The second-order valence-electron chi connectivity index (χ2n) is 6.92. The van der Waals surface area contributed by atoms with Gasteiger partial charge in [0.2, 0.25) is 0 Å². The van der Waals surface area contributed by atoms with Gasteiger partial charge in [0.05, 0.1) is 25.5 Å². The number of anilines is 1. The van der Waals surface area contributed by atoms with E-state index in [4.69, 9.17) is 15.2 Å². The Morgan fingerprint density at radius 3 is 2.65 bits per heavy atom. The van der Waals surface area contributed by atoms with Gasteiger partial charge >= 0.3 is 0 Å².